The lowest BCUT2D eigenvalue weighted by molar-refractivity contribution is 0.596. The van der Waals surface area contributed by atoms with Crippen LogP contribution in [0.3, 0.4) is 0 Å². The van der Waals surface area contributed by atoms with Gasteiger partial charge < -0.3 is 0 Å². The van der Waals surface area contributed by atoms with Crippen molar-refractivity contribution in [3.05, 3.63) is 9.14 Å². The predicted molar refractivity (Wildman–Crippen MR) is 57.2 cm³/mol. The van der Waals surface area contributed by atoms with Crippen LogP contribution in [0.4, 0.5) is 0 Å². The smallest absolute Gasteiger partial charge is 0.187 e. The molecule has 0 rings (SSSR count). The highest BCUT2D eigenvalue weighted by molar-refractivity contribution is 8.14. The first-order chi connectivity index (χ1) is 6.28. The van der Waals surface area contributed by atoms with Crippen LogP contribution in [0.15, 0.2) is 9.14 Å². The van der Waals surface area contributed by atoms with Crippen LogP contribution >= 0.6 is 0 Å². The topological polar surface area (TPSA) is 102 Å². The highest BCUT2D eigenvalue weighted by atomic mass is 32.3. The highest BCUT2D eigenvalue weighted by Gasteiger charge is 2.29. The summed E-state index contributed by atoms with van der Waals surface area (Å²) in [5.74, 6) is 0. The third-order valence-corrected chi connectivity index (χ3v) is 6.87. The van der Waals surface area contributed by atoms with Crippen LogP contribution in [-0.2, 0) is 29.5 Å². The van der Waals surface area contributed by atoms with E-state index in [0.29, 0.717) is 12.5 Å². The molecule has 0 saturated carbocycles. The van der Waals surface area contributed by atoms with Crippen LogP contribution in [0.2, 0.25) is 0 Å². The minimum atomic E-state index is -4.09. The zero-order valence-corrected chi connectivity index (χ0v) is 11.1. The Kier molecular flexibility index (Phi) is 3.77. The first-order valence-corrected chi connectivity index (χ1v) is 9.26. The van der Waals surface area contributed by atoms with Crippen molar-refractivity contribution in [1.29, 1.82) is 0 Å². The second kappa shape index (κ2) is 3.87. The van der Waals surface area contributed by atoms with Gasteiger partial charge in [-0.3, -0.25) is 0 Å². The van der Waals surface area contributed by atoms with E-state index in [9.17, 15) is 25.3 Å². The molecule has 0 aromatic carbocycles. The van der Waals surface area contributed by atoms with Gasteiger partial charge in [0, 0.05) is 18.8 Å². The van der Waals surface area contributed by atoms with Gasteiger partial charge >= 0.3 is 0 Å². The monoisotopic (exact) mass is 276 g/mol. The maximum Gasteiger partial charge on any atom is 0.187 e. The summed E-state index contributed by atoms with van der Waals surface area (Å²) in [5.41, 5.74) is 0. The predicted octanol–water partition coefficient (Wildman–Crippen LogP) is -0.691. The van der Waals surface area contributed by atoms with Crippen molar-refractivity contribution in [1.82, 2.24) is 0 Å². The Hall–Kier alpha value is -0.410. The summed E-state index contributed by atoms with van der Waals surface area (Å²) >= 11 is 0. The van der Waals surface area contributed by atoms with Gasteiger partial charge in [-0.2, -0.15) is 0 Å². The molecule has 0 heterocycles. The minimum Gasteiger partial charge on any atom is -0.224 e. The van der Waals surface area contributed by atoms with Gasteiger partial charge in [0.1, 0.15) is 0 Å². The lowest BCUT2D eigenvalue weighted by atomic mass is 10.7. The summed E-state index contributed by atoms with van der Waals surface area (Å²) in [5, 5.41) is 0. The van der Waals surface area contributed by atoms with Crippen LogP contribution < -0.4 is 0 Å². The van der Waals surface area contributed by atoms with E-state index in [-0.39, 0.29) is 0 Å². The van der Waals surface area contributed by atoms with Gasteiger partial charge in [-0.05, 0) is 6.92 Å². The number of sulfone groups is 3. The summed E-state index contributed by atoms with van der Waals surface area (Å²) in [6.07, 6.45) is 2.05. The molecule has 0 saturated heterocycles. The van der Waals surface area contributed by atoms with Gasteiger partial charge in [0.2, 0.25) is 0 Å². The second-order valence-corrected chi connectivity index (χ2v) is 9.48. The summed E-state index contributed by atoms with van der Waals surface area (Å²) < 4.78 is 65.8. The van der Waals surface area contributed by atoms with Crippen LogP contribution in [-0.4, -0.2) is 44.0 Å². The fraction of sp³-hybridized carbons (Fsp3) is 0.667. The Bertz CT molecular complexity index is 553. The molecule has 15 heavy (non-hydrogen) atoms. The molecular formula is C6H12O6S3. The fourth-order valence-electron chi connectivity index (χ4n) is 0.949. The summed E-state index contributed by atoms with van der Waals surface area (Å²) in [6.45, 7) is 0.951. The number of allylic oxidation sites excluding steroid dienone is 1. The van der Waals surface area contributed by atoms with E-state index in [4.69, 9.17) is 0 Å². The second-order valence-electron chi connectivity index (χ2n) is 3.16. The summed E-state index contributed by atoms with van der Waals surface area (Å²) in [7, 11) is -12.0. The molecule has 0 aliphatic heterocycles. The Balaban J connectivity index is 6.49. The largest absolute Gasteiger partial charge is 0.224 e. The van der Waals surface area contributed by atoms with Crippen LogP contribution in [0, 0.1) is 0 Å². The van der Waals surface area contributed by atoms with Gasteiger partial charge in [0.15, 0.2) is 33.7 Å². The van der Waals surface area contributed by atoms with E-state index in [0.717, 1.165) is 13.2 Å². The molecule has 0 N–H and O–H groups in total. The normalized spacial score (nSPS) is 13.6. The van der Waals surface area contributed by atoms with Crippen LogP contribution in [0.25, 0.3) is 0 Å². The SMILES string of the molecule is CC(=C(S(C)(=O)=O)S(C)(=O)=O)S(C)(=O)=O. The van der Waals surface area contributed by atoms with E-state index >= 15 is 0 Å². The quantitative estimate of drug-likeness (QED) is 0.676. The van der Waals surface area contributed by atoms with Crippen molar-refractivity contribution >= 4 is 29.5 Å². The van der Waals surface area contributed by atoms with Gasteiger partial charge in [0.25, 0.3) is 0 Å². The Morgan fingerprint density at radius 2 is 0.933 bits per heavy atom. The molecule has 9 heteroatoms. The lowest BCUT2D eigenvalue weighted by Crippen LogP contribution is -2.16. The third-order valence-electron chi connectivity index (χ3n) is 1.52. The van der Waals surface area contributed by atoms with Crippen molar-refractivity contribution in [3.63, 3.8) is 0 Å². The van der Waals surface area contributed by atoms with Crippen molar-refractivity contribution in [3.8, 4) is 0 Å². The Morgan fingerprint density at radius 1 is 0.667 bits per heavy atom. The third kappa shape index (κ3) is 3.92. The molecule has 0 spiro atoms. The molecule has 0 aromatic heterocycles. The van der Waals surface area contributed by atoms with Gasteiger partial charge in [-0.1, -0.05) is 0 Å². The molecule has 0 bridgehead atoms. The minimum absolute atomic E-state index is 0.651. The number of hydrogen-bond donors (Lipinski definition) is 0. The molecule has 6 nitrogen and oxygen atoms in total. The Labute approximate surface area is 89.8 Å². The zero-order chi connectivity index (χ0) is 12.7. The van der Waals surface area contributed by atoms with Crippen LogP contribution in [0.5, 0.6) is 0 Å². The van der Waals surface area contributed by atoms with Crippen molar-refractivity contribution in [2.75, 3.05) is 18.8 Å². The average molecular weight is 276 g/mol. The molecule has 0 fully saturated rings. The summed E-state index contributed by atoms with van der Waals surface area (Å²) in [4.78, 5) is -0.660. The van der Waals surface area contributed by atoms with Crippen molar-refractivity contribution in [2.24, 2.45) is 0 Å². The summed E-state index contributed by atoms with van der Waals surface area (Å²) in [6, 6.07) is 0. The molecule has 0 aliphatic rings. The standard InChI is InChI=1S/C6H12O6S3/c1-5(13(2,7)8)6(14(3,9)10)15(4,11)12/h1-4H3. The molecule has 0 radical (unpaired) electrons. The van der Waals surface area contributed by atoms with Crippen molar-refractivity contribution in [2.45, 2.75) is 6.92 Å². The maximum absolute atomic E-state index is 11.2. The van der Waals surface area contributed by atoms with E-state index in [1.807, 2.05) is 0 Å². The van der Waals surface area contributed by atoms with E-state index in [1.165, 1.54) is 0 Å². The van der Waals surface area contributed by atoms with Crippen LogP contribution in [0.1, 0.15) is 6.92 Å². The van der Waals surface area contributed by atoms with Gasteiger partial charge in [-0.25, -0.2) is 25.3 Å². The van der Waals surface area contributed by atoms with Gasteiger partial charge in [-0.15, -0.1) is 0 Å². The molecule has 90 valence electrons. The fourth-order valence-corrected chi connectivity index (χ4v) is 6.31. The molecular weight excluding hydrogens is 264 g/mol. The maximum atomic E-state index is 11.2. The van der Waals surface area contributed by atoms with Crippen molar-refractivity contribution < 1.29 is 25.3 Å². The number of rotatable bonds is 3. The molecule has 0 atom stereocenters. The van der Waals surface area contributed by atoms with E-state index < -0.39 is 38.7 Å². The molecule has 0 amide bonds. The zero-order valence-electron chi connectivity index (χ0n) is 8.67. The lowest BCUT2D eigenvalue weighted by Gasteiger charge is -2.06. The van der Waals surface area contributed by atoms with Gasteiger partial charge in [0.05, 0.1) is 4.91 Å². The first-order valence-electron chi connectivity index (χ1n) is 3.59. The number of hydrogen-bond acceptors (Lipinski definition) is 6. The molecule has 0 aliphatic carbocycles. The molecule has 0 aromatic rings. The van der Waals surface area contributed by atoms with E-state index in [1.54, 1.807) is 0 Å². The Morgan fingerprint density at radius 3 is 1.00 bits per heavy atom. The first kappa shape index (κ1) is 14.6. The average Bonchev–Trinajstić information content (AvgIpc) is 1.76. The molecule has 0 unspecified atom stereocenters. The van der Waals surface area contributed by atoms with E-state index in [2.05, 4.69) is 0 Å². The highest BCUT2D eigenvalue weighted by Crippen LogP contribution is 2.20.